The molecule has 6 heteroatoms. The molecule has 1 heterocycles. The van der Waals surface area contributed by atoms with E-state index in [0.29, 0.717) is 13.1 Å². The van der Waals surface area contributed by atoms with Gasteiger partial charge in [-0.25, -0.2) is 4.79 Å². The number of hydrogen-bond acceptors (Lipinski definition) is 2. The summed E-state index contributed by atoms with van der Waals surface area (Å²) in [7, 11) is 0. The second kappa shape index (κ2) is 6.93. The number of nitrogens with one attached hydrogen (secondary N) is 1. The normalized spacial score (nSPS) is 18.4. The van der Waals surface area contributed by atoms with Crippen molar-refractivity contribution in [1.29, 1.82) is 0 Å². The summed E-state index contributed by atoms with van der Waals surface area (Å²) >= 11 is 3.42. The Morgan fingerprint density at radius 2 is 2.24 bits per heavy atom. The van der Waals surface area contributed by atoms with Crippen LogP contribution < -0.4 is 5.32 Å². The maximum absolute atomic E-state index is 12.3. The van der Waals surface area contributed by atoms with Gasteiger partial charge in [-0.05, 0) is 49.4 Å². The predicted octanol–water partition coefficient (Wildman–Crippen LogP) is 3.48. The highest BCUT2D eigenvalue weighted by atomic mass is 79.9. The van der Waals surface area contributed by atoms with Crippen LogP contribution in [0.15, 0.2) is 22.7 Å². The zero-order chi connectivity index (χ0) is 15.4. The van der Waals surface area contributed by atoms with Gasteiger partial charge in [0.25, 0.3) is 0 Å². The highest BCUT2D eigenvalue weighted by molar-refractivity contribution is 9.10. The molecular formula is C15H19BrN2O3. The lowest BCUT2D eigenvalue weighted by Gasteiger charge is -2.32. The first-order valence-corrected chi connectivity index (χ1v) is 7.79. The van der Waals surface area contributed by atoms with Crippen molar-refractivity contribution in [1.82, 2.24) is 4.90 Å². The van der Waals surface area contributed by atoms with Crippen LogP contribution in [0.2, 0.25) is 0 Å². The minimum atomic E-state index is -0.800. The molecule has 1 aromatic rings. The van der Waals surface area contributed by atoms with Crippen LogP contribution in [0.1, 0.15) is 24.8 Å². The Labute approximate surface area is 132 Å². The van der Waals surface area contributed by atoms with Crippen LogP contribution in [0.25, 0.3) is 0 Å². The number of rotatable bonds is 3. The monoisotopic (exact) mass is 354 g/mol. The molecule has 1 unspecified atom stereocenters. The van der Waals surface area contributed by atoms with Crippen LogP contribution in [0.4, 0.5) is 10.5 Å². The van der Waals surface area contributed by atoms with Crippen LogP contribution in [-0.2, 0) is 4.79 Å². The van der Waals surface area contributed by atoms with Crippen LogP contribution >= 0.6 is 15.9 Å². The summed E-state index contributed by atoms with van der Waals surface area (Å²) in [5.41, 5.74) is 1.80. The smallest absolute Gasteiger partial charge is 0.321 e. The number of nitrogens with zero attached hydrogens (tertiary/aromatic N) is 1. The molecule has 1 aliphatic heterocycles. The summed E-state index contributed by atoms with van der Waals surface area (Å²) in [6.45, 7) is 3.15. The van der Waals surface area contributed by atoms with Crippen LogP contribution in [0.5, 0.6) is 0 Å². The van der Waals surface area contributed by atoms with E-state index in [-0.39, 0.29) is 18.4 Å². The fourth-order valence-corrected chi connectivity index (χ4v) is 2.83. The quantitative estimate of drug-likeness (QED) is 0.872. The van der Waals surface area contributed by atoms with E-state index in [9.17, 15) is 9.59 Å². The molecule has 1 saturated heterocycles. The van der Waals surface area contributed by atoms with Crippen molar-refractivity contribution in [3.8, 4) is 0 Å². The minimum absolute atomic E-state index is 0.0497. The summed E-state index contributed by atoms with van der Waals surface area (Å²) in [5, 5.41) is 11.7. The third kappa shape index (κ3) is 4.46. The van der Waals surface area contributed by atoms with Gasteiger partial charge in [0.15, 0.2) is 0 Å². The van der Waals surface area contributed by atoms with Crippen molar-refractivity contribution in [3.05, 3.63) is 28.2 Å². The Hall–Kier alpha value is -1.56. The molecule has 1 aromatic carbocycles. The van der Waals surface area contributed by atoms with Gasteiger partial charge in [0, 0.05) is 29.7 Å². The molecule has 2 rings (SSSR count). The Morgan fingerprint density at radius 3 is 2.90 bits per heavy atom. The molecule has 2 N–H and O–H groups in total. The van der Waals surface area contributed by atoms with Gasteiger partial charge in [-0.3, -0.25) is 4.79 Å². The number of carboxylic acids is 1. The van der Waals surface area contributed by atoms with Crippen molar-refractivity contribution < 1.29 is 14.7 Å². The average molecular weight is 355 g/mol. The largest absolute Gasteiger partial charge is 0.481 e. The Morgan fingerprint density at radius 1 is 1.48 bits per heavy atom. The molecule has 0 spiro atoms. The molecule has 1 aliphatic rings. The first-order valence-electron chi connectivity index (χ1n) is 6.99. The number of carboxylic acid groups (broad SMARTS) is 1. The van der Waals surface area contributed by atoms with Crippen molar-refractivity contribution in [2.45, 2.75) is 26.2 Å². The van der Waals surface area contributed by atoms with Crippen molar-refractivity contribution >= 4 is 33.6 Å². The van der Waals surface area contributed by atoms with Gasteiger partial charge in [-0.15, -0.1) is 0 Å². The number of urea groups is 1. The molecule has 114 valence electrons. The van der Waals surface area contributed by atoms with Gasteiger partial charge in [-0.1, -0.05) is 15.9 Å². The van der Waals surface area contributed by atoms with E-state index in [2.05, 4.69) is 21.2 Å². The summed E-state index contributed by atoms with van der Waals surface area (Å²) < 4.78 is 1.000. The third-order valence-electron chi connectivity index (χ3n) is 3.68. The maximum Gasteiger partial charge on any atom is 0.321 e. The summed E-state index contributed by atoms with van der Waals surface area (Å²) in [6.07, 6.45) is 1.85. The van der Waals surface area contributed by atoms with Gasteiger partial charge in [0.05, 0.1) is 0 Å². The number of anilines is 1. The maximum atomic E-state index is 12.3. The van der Waals surface area contributed by atoms with Gasteiger partial charge < -0.3 is 15.3 Å². The number of piperidine rings is 1. The van der Waals surface area contributed by atoms with Gasteiger partial charge in [0.2, 0.25) is 0 Å². The highest BCUT2D eigenvalue weighted by Gasteiger charge is 2.25. The number of hydrogen-bond donors (Lipinski definition) is 2. The number of carbonyl (C=O) groups excluding carboxylic acids is 1. The van der Waals surface area contributed by atoms with E-state index in [1.54, 1.807) is 4.90 Å². The summed E-state index contributed by atoms with van der Waals surface area (Å²) in [5.74, 6) is -0.751. The van der Waals surface area contributed by atoms with Gasteiger partial charge >= 0.3 is 12.0 Å². The first-order chi connectivity index (χ1) is 9.95. The van der Waals surface area contributed by atoms with Crippen molar-refractivity contribution in [3.63, 3.8) is 0 Å². The number of likely N-dealkylation sites (tertiary alicyclic amines) is 1. The second-order valence-electron chi connectivity index (χ2n) is 5.45. The SMILES string of the molecule is Cc1cc(NC(=O)N2CCCC(CC(=O)O)C2)ccc1Br. The Bertz CT molecular complexity index is 548. The number of amides is 2. The van der Waals surface area contributed by atoms with E-state index in [4.69, 9.17) is 5.11 Å². The molecule has 5 nitrogen and oxygen atoms in total. The van der Waals surface area contributed by atoms with E-state index >= 15 is 0 Å². The number of aryl methyl sites for hydroxylation is 1. The molecule has 0 aliphatic carbocycles. The molecule has 0 bridgehead atoms. The fraction of sp³-hybridized carbons (Fsp3) is 0.467. The molecular weight excluding hydrogens is 336 g/mol. The zero-order valence-corrected chi connectivity index (χ0v) is 13.5. The summed E-state index contributed by atoms with van der Waals surface area (Å²) in [4.78, 5) is 24.7. The molecule has 1 fully saturated rings. The standard InChI is InChI=1S/C15H19BrN2O3/c1-10-7-12(4-5-13(10)16)17-15(21)18-6-2-3-11(9-18)8-14(19)20/h4-5,7,11H,2-3,6,8-9H2,1H3,(H,17,21)(H,19,20). The number of halogens is 1. The van der Waals surface area contributed by atoms with Gasteiger partial charge in [0.1, 0.15) is 0 Å². The Balaban J connectivity index is 1.96. The van der Waals surface area contributed by atoms with Crippen LogP contribution in [-0.4, -0.2) is 35.1 Å². The molecule has 21 heavy (non-hydrogen) atoms. The minimum Gasteiger partial charge on any atom is -0.481 e. The fourth-order valence-electron chi connectivity index (χ4n) is 2.59. The van der Waals surface area contributed by atoms with E-state index in [0.717, 1.165) is 28.6 Å². The topological polar surface area (TPSA) is 69.6 Å². The molecule has 0 radical (unpaired) electrons. The second-order valence-corrected chi connectivity index (χ2v) is 6.30. The van der Waals surface area contributed by atoms with Crippen LogP contribution in [0, 0.1) is 12.8 Å². The lowest BCUT2D eigenvalue weighted by Crippen LogP contribution is -2.42. The molecule has 0 aromatic heterocycles. The summed E-state index contributed by atoms with van der Waals surface area (Å²) in [6, 6.07) is 5.48. The first kappa shape index (κ1) is 15.8. The average Bonchev–Trinajstić information content (AvgIpc) is 2.42. The molecule has 0 saturated carbocycles. The number of carbonyl (C=O) groups is 2. The highest BCUT2D eigenvalue weighted by Crippen LogP contribution is 2.22. The Kier molecular flexibility index (Phi) is 5.22. The number of aliphatic carboxylic acids is 1. The van der Waals surface area contributed by atoms with Crippen LogP contribution in [0.3, 0.4) is 0 Å². The molecule has 2 amide bonds. The van der Waals surface area contributed by atoms with Crippen molar-refractivity contribution in [2.75, 3.05) is 18.4 Å². The third-order valence-corrected chi connectivity index (χ3v) is 4.57. The van der Waals surface area contributed by atoms with Gasteiger partial charge in [-0.2, -0.15) is 0 Å². The van der Waals surface area contributed by atoms with Crippen molar-refractivity contribution in [2.24, 2.45) is 5.92 Å². The van der Waals surface area contributed by atoms with E-state index in [1.165, 1.54) is 0 Å². The van der Waals surface area contributed by atoms with E-state index in [1.807, 2.05) is 25.1 Å². The van der Waals surface area contributed by atoms with E-state index < -0.39 is 5.97 Å². The molecule has 1 atom stereocenters. The zero-order valence-electron chi connectivity index (χ0n) is 11.9. The lowest BCUT2D eigenvalue weighted by atomic mass is 9.95. The number of benzene rings is 1. The predicted molar refractivity (Wildman–Crippen MR) is 84.4 cm³/mol. The lowest BCUT2D eigenvalue weighted by molar-refractivity contribution is -0.138.